The molecule has 0 radical (unpaired) electrons. The Balaban J connectivity index is 1.50. The number of amides is 1. The van der Waals surface area contributed by atoms with Gasteiger partial charge in [-0.25, -0.2) is 4.68 Å². The lowest BCUT2D eigenvalue weighted by Crippen LogP contribution is -2.50. The number of methoxy groups -OCH3 is 1. The maximum Gasteiger partial charge on any atom is 0.289 e. The van der Waals surface area contributed by atoms with E-state index in [1.165, 1.54) is 6.26 Å². The van der Waals surface area contributed by atoms with Crippen LogP contribution in [0.15, 0.2) is 51.9 Å². The van der Waals surface area contributed by atoms with Crippen LogP contribution >= 0.6 is 0 Å². The monoisotopic (exact) mass is 477 g/mol. The molecule has 1 aromatic carbocycles. The standard InChI is InChI=1S/C24H27N7O4/c1-16-5-3-6-17-15-18(23(32)25-20(16)17)21(22-26-27-28-31(22)12-14-34-2)29-8-10-30(11-9-29)24(33)19-7-4-13-35-19/h3-7,13,15,21H,8-12,14H2,1-2H3,(H,25,32)/t21-/m0/s1. The van der Waals surface area contributed by atoms with E-state index in [4.69, 9.17) is 9.15 Å². The van der Waals surface area contributed by atoms with Crippen molar-refractivity contribution in [3.05, 3.63) is 75.7 Å². The molecule has 1 aliphatic heterocycles. The van der Waals surface area contributed by atoms with Crippen molar-refractivity contribution in [3.63, 3.8) is 0 Å². The van der Waals surface area contributed by atoms with Crippen molar-refractivity contribution in [1.82, 2.24) is 35.0 Å². The number of fused-ring (bicyclic) bond motifs is 1. The van der Waals surface area contributed by atoms with Gasteiger partial charge >= 0.3 is 0 Å². The van der Waals surface area contributed by atoms with E-state index in [9.17, 15) is 9.59 Å². The average Bonchev–Trinajstić information content (AvgIpc) is 3.57. The number of pyridine rings is 1. The Morgan fingerprint density at radius 3 is 2.77 bits per heavy atom. The summed E-state index contributed by atoms with van der Waals surface area (Å²) in [6.45, 7) is 4.91. The van der Waals surface area contributed by atoms with Gasteiger partial charge in [-0.1, -0.05) is 18.2 Å². The number of benzene rings is 1. The Morgan fingerprint density at radius 1 is 1.20 bits per heavy atom. The van der Waals surface area contributed by atoms with Gasteiger partial charge < -0.3 is 19.0 Å². The second kappa shape index (κ2) is 9.80. The number of carbonyl (C=O) groups is 1. The van der Waals surface area contributed by atoms with Gasteiger partial charge in [-0.3, -0.25) is 14.5 Å². The van der Waals surface area contributed by atoms with Crippen molar-refractivity contribution >= 4 is 16.8 Å². The molecule has 1 saturated heterocycles. The van der Waals surface area contributed by atoms with E-state index in [1.807, 2.05) is 31.2 Å². The van der Waals surface area contributed by atoms with Gasteiger partial charge in [-0.05, 0) is 46.5 Å². The normalized spacial score (nSPS) is 15.5. The molecule has 4 heterocycles. The number of furan rings is 1. The van der Waals surface area contributed by atoms with Crippen LogP contribution in [0, 0.1) is 6.92 Å². The van der Waals surface area contributed by atoms with Crippen LogP contribution in [0.2, 0.25) is 0 Å². The van der Waals surface area contributed by atoms with E-state index < -0.39 is 6.04 Å². The van der Waals surface area contributed by atoms with Crippen LogP contribution in [-0.4, -0.2) is 80.8 Å². The third-order valence-electron chi connectivity index (χ3n) is 6.42. The fourth-order valence-corrected chi connectivity index (χ4v) is 4.59. The zero-order valence-electron chi connectivity index (χ0n) is 19.7. The van der Waals surface area contributed by atoms with E-state index in [0.29, 0.717) is 56.5 Å². The highest BCUT2D eigenvalue weighted by Crippen LogP contribution is 2.28. The Bertz CT molecular complexity index is 1370. The van der Waals surface area contributed by atoms with E-state index in [1.54, 1.807) is 28.8 Å². The van der Waals surface area contributed by atoms with Gasteiger partial charge in [0.05, 0.1) is 24.9 Å². The fourth-order valence-electron chi connectivity index (χ4n) is 4.59. The lowest BCUT2D eigenvalue weighted by atomic mass is 10.0. The first-order valence-electron chi connectivity index (χ1n) is 11.5. The lowest BCUT2D eigenvalue weighted by Gasteiger charge is -2.38. The number of nitrogens with zero attached hydrogens (tertiary/aromatic N) is 6. The number of para-hydroxylation sites is 1. The van der Waals surface area contributed by atoms with Crippen LogP contribution in [0.4, 0.5) is 0 Å². The predicted octanol–water partition coefficient (Wildman–Crippen LogP) is 1.61. The summed E-state index contributed by atoms with van der Waals surface area (Å²) in [4.78, 5) is 33.1. The maximum absolute atomic E-state index is 13.4. The van der Waals surface area contributed by atoms with Crippen LogP contribution < -0.4 is 5.56 Å². The molecule has 4 aromatic rings. The first-order valence-corrected chi connectivity index (χ1v) is 11.5. The van der Waals surface area contributed by atoms with E-state index in [0.717, 1.165) is 16.5 Å². The number of H-pyrrole nitrogens is 1. The van der Waals surface area contributed by atoms with Crippen molar-refractivity contribution in [3.8, 4) is 0 Å². The molecule has 11 nitrogen and oxygen atoms in total. The number of aromatic amines is 1. The van der Waals surface area contributed by atoms with Gasteiger partial charge in [0.25, 0.3) is 11.5 Å². The van der Waals surface area contributed by atoms with Crippen molar-refractivity contribution in [2.45, 2.75) is 19.5 Å². The maximum atomic E-state index is 13.4. The van der Waals surface area contributed by atoms with Gasteiger partial charge in [0.15, 0.2) is 11.6 Å². The second-order valence-corrected chi connectivity index (χ2v) is 8.55. The Hall–Kier alpha value is -3.83. The first-order chi connectivity index (χ1) is 17.1. The van der Waals surface area contributed by atoms with Crippen molar-refractivity contribution in [2.24, 2.45) is 0 Å². The summed E-state index contributed by atoms with van der Waals surface area (Å²) in [6, 6.07) is 10.7. The zero-order chi connectivity index (χ0) is 24.4. The topological polar surface area (TPSA) is 122 Å². The van der Waals surface area contributed by atoms with Crippen molar-refractivity contribution in [2.75, 3.05) is 39.9 Å². The highest BCUT2D eigenvalue weighted by Gasteiger charge is 2.34. The Morgan fingerprint density at radius 2 is 2.03 bits per heavy atom. The lowest BCUT2D eigenvalue weighted by molar-refractivity contribution is 0.0557. The number of rotatable bonds is 7. The smallest absolute Gasteiger partial charge is 0.289 e. The summed E-state index contributed by atoms with van der Waals surface area (Å²) in [5, 5.41) is 13.3. The summed E-state index contributed by atoms with van der Waals surface area (Å²) in [5.41, 5.74) is 2.18. The van der Waals surface area contributed by atoms with Crippen molar-refractivity contribution in [1.29, 1.82) is 0 Å². The molecule has 0 saturated carbocycles. The molecule has 1 N–H and O–H groups in total. The molecule has 5 rings (SSSR count). The minimum Gasteiger partial charge on any atom is -0.459 e. The average molecular weight is 478 g/mol. The first kappa shape index (κ1) is 22.9. The third-order valence-corrected chi connectivity index (χ3v) is 6.42. The van der Waals surface area contributed by atoms with E-state index in [2.05, 4.69) is 25.4 Å². The van der Waals surface area contributed by atoms with Crippen LogP contribution in [0.3, 0.4) is 0 Å². The number of aromatic nitrogens is 5. The van der Waals surface area contributed by atoms with Crippen LogP contribution in [0.5, 0.6) is 0 Å². The Kier molecular flexibility index (Phi) is 6.43. The summed E-state index contributed by atoms with van der Waals surface area (Å²) in [6.07, 6.45) is 1.49. The number of hydrogen-bond donors (Lipinski definition) is 1. The minimum absolute atomic E-state index is 0.143. The molecule has 3 aromatic heterocycles. The highest BCUT2D eigenvalue weighted by atomic mass is 16.5. The number of ether oxygens (including phenoxy) is 1. The summed E-state index contributed by atoms with van der Waals surface area (Å²) in [5.74, 6) is 0.736. The molecule has 1 amide bonds. The number of nitrogens with one attached hydrogen (secondary N) is 1. The summed E-state index contributed by atoms with van der Waals surface area (Å²) in [7, 11) is 1.62. The van der Waals surface area contributed by atoms with Crippen molar-refractivity contribution < 1.29 is 13.9 Å². The van der Waals surface area contributed by atoms with Gasteiger partial charge in [0, 0.05) is 38.9 Å². The number of carbonyl (C=O) groups excluding carboxylic acids is 1. The number of piperazine rings is 1. The molecule has 0 bridgehead atoms. The molecule has 182 valence electrons. The summed E-state index contributed by atoms with van der Waals surface area (Å²) >= 11 is 0. The van der Waals surface area contributed by atoms with Gasteiger partial charge in [-0.15, -0.1) is 5.10 Å². The molecule has 0 spiro atoms. The fraction of sp³-hybridized carbons (Fsp3) is 0.375. The molecular formula is C24H27N7O4. The van der Waals surface area contributed by atoms with E-state index >= 15 is 0 Å². The Labute approximate surface area is 201 Å². The largest absolute Gasteiger partial charge is 0.459 e. The quantitative estimate of drug-likeness (QED) is 0.426. The molecule has 11 heteroatoms. The highest BCUT2D eigenvalue weighted by molar-refractivity contribution is 5.91. The molecule has 0 unspecified atom stereocenters. The summed E-state index contributed by atoms with van der Waals surface area (Å²) < 4.78 is 12.2. The molecule has 1 fully saturated rings. The van der Waals surface area contributed by atoms with Crippen LogP contribution in [-0.2, 0) is 11.3 Å². The number of hydrogen-bond acceptors (Lipinski definition) is 8. The third kappa shape index (κ3) is 4.47. The van der Waals surface area contributed by atoms with Gasteiger partial charge in [-0.2, -0.15) is 0 Å². The number of aryl methyl sites for hydroxylation is 1. The van der Waals surface area contributed by atoms with Crippen LogP contribution in [0.1, 0.15) is 33.5 Å². The molecule has 35 heavy (non-hydrogen) atoms. The van der Waals surface area contributed by atoms with E-state index in [-0.39, 0.29) is 11.5 Å². The van der Waals surface area contributed by atoms with Crippen LogP contribution in [0.25, 0.3) is 10.9 Å². The SMILES string of the molecule is COCCn1nnnc1[C@H](c1cc2cccc(C)c2[nH]c1=O)N1CCN(C(=O)c2ccco2)CC1. The molecular weight excluding hydrogens is 450 g/mol. The second-order valence-electron chi connectivity index (χ2n) is 8.55. The van der Waals surface area contributed by atoms with Gasteiger partial charge in [0.2, 0.25) is 0 Å². The molecule has 1 atom stereocenters. The number of tetrazole rings is 1. The predicted molar refractivity (Wildman–Crippen MR) is 127 cm³/mol. The molecule has 0 aliphatic carbocycles. The zero-order valence-corrected chi connectivity index (χ0v) is 19.7. The molecule has 1 aliphatic rings. The van der Waals surface area contributed by atoms with Gasteiger partial charge in [0.1, 0.15) is 6.04 Å². The minimum atomic E-state index is -0.489.